The van der Waals surface area contributed by atoms with E-state index in [4.69, 9.17) is 9.15 Å². The van der Waals surface area contributed by atoms with Crippen LogP contribution in [0.5, 0.6) is 5.95 Å². The molecule has 0 fully saturated rings. The summed E-state index contributed by atoms with van der Waals surface area (Å²) in [7, 11) is 1.48. The van der Waals surface area contributed by atoms with E-state index in [2.05, 4.69) is 31.2 Å². The molecule has 1 heterocycles. The van der Waals surface area contributed by atoms with Crippen LogP contribution in [0.1, 0.15) is 52.4 Å². The molecule has 0 amide bonds. The predicted octanol–water partition coefficient (Wildman–Crippen LogP) is 5.30. The zero-order valence-electron chi connectivity index (χ0n) is 18.2. The fraction of sp³-hybridized carbons (Fsp3) is 0.458. The lowest BCUT2D eigenvalue weighted by Gasteiger charge is -2.16. The van der Waals surface area contributed by atoms with Gasteiger partial charge in [0.2, 0.25) is 0 Å². The van der Waals surface area contributed by atoms with Crippen LogP contribution in [0.3, 0.4) is 0 Å². The maximum Gasteiger partial charge on any atom is 0.288 e. The van der Waals surface area contributed by atoms with Gasteiger partial charge in [0.05, 0.1) is 19.3 Å². The van der Waals surface area contributed by atoms with E-state index in [1.165, 1.54) is 18.7 Å². The van der Waals surface area contributed by atoms with E-state index in [0.717, 1.165) is 17.6 Å². The highest BCUT2D eigenvalue weighted by molar-refractivity contribution is 5.24. The van der Waals surface area contributed by atoms with E-state index in [9.17, 15) is 9.90 Å². The molecule has 1 aromatic rings. The molecule has 0 aliphatic rings. The van der Waals surface area contributed by atoms with Gasteiger partial charge in [0.1, 0.15) is 5.76 Å². The lowest BCUT2D eigenvalue weighted by molar-refractivity contribution is 0.173. The molecule has 0 aliphatic carbocycles. The second-order valence-electron chi connectivity index (χ2n) is 7.29. The molecule has 0 saturated heterocycles. The van der Waals surface area contributed by atoms with E-state index in [-0.39, 0.29) is 17.3 Å². The van der Waals surface area contributed by atoms with Crippen LogP contribution < -0.4 is 10.2 Å². The Balaban J connectivity index is 2.71. The first-order valence-electron chi connectivity index (χ1n) is 9.68. The van der Waals surface area contributed by atoms with Gasteiger partial charge in [-0.05, 0) is 46.6 Å². The topological polar surface area (TPSA) is 59.7 Å². The van der Waals surface area contributed by atoms with Gasteiger partial charge in [-0.1, -0.05) is 48.5 Å². The van der Waals surface area contributed by atoms with Crippen LogP contribution in [-0.4, -0.2) is 18.3 Å². The first-order chi connectivity index (χ1) is 13.2. The SMILES string of the molecule is C/C=C(\C)[C@@H](O)[C@H](C)/C=C(C)/C=C/C/C(C)=C/Cc1oc(OC)cc(=O)c1C. The third kappa shape index (κ3) is 7.35. The monoisotopic (exact) mass is 386 g/mol. The Bertz CT molecular complexity index is 821. The number of allylic oxidation sites excluding steroid dienone is 6. The number of rotatable bonds is 9. The van der Waals surface area contributed by atoms with Crippen molar-refractivity contribution < 1.29 is 14.3 Å². The molecule has 0 saturated carbocycles. The van der Waals surface area contributed by atoms with Crippen LogP contribution in [0.4, 0.5) is 0 Å². The molecule has 1 rings (SSSR count). The Labute approximate surface area is 168 Å². The van der Waals surface area contributed by atoms with Crippen molar-refractivity contribution in [1.29, 1.82) is 0 Å². The van der Waals surface area contributed by atoms with Gasteiger partial charge in [-0.2, -0.15) is 0 Å². The molecule has 0 aromatic carbocycles. The molecule has 1 N–H and O–H groups in total. The number of methoxy groups -OCH3 is 1. The Morgan fingerprint density at radius 2 is 2.00 bits per heavy atom. The summed E-state index contributed by atoms with van der Waals surface area (Å²) in [5.74, 6) is 0.934. The minimum absolute atomic E-state index is 0.0661. The Hall–Kier alpha value is -2.33. The maximum absolute atomic E-state index is 11.9. The molecular weight excluding hydrogens is 352 g/mol. The Morgan fingerprint density at radius 3 is 2.61 bits per heavy atom. The summed E-state index contributed by atoms with van der Waals surface area (Å²) in [4.78, 5) is 11.9. The van der Waals surface area contributed by atoms with E-state index in [1.807, 2.05) is 33.8 Å². The summed E-state index contributed by atoms with van der Waals surface area (Å²) < 4.78 is 10.6. The molecule has 0 radical (unpaired) electrons. The van der Waals surface area contributed by atoms with E-state index in [0.29, 0.717) is 17.7 Å². The molecular formula is C24H34O4. The zero-order valence-corrected chi connectivity index (χ0v) is 18.2. The van der Waals surface area contributed by atoms with Crippen molar-refractivity contribution >= 4 is 0 Å². The van der Waals surface area contributed by atoms with Gasteiger partial charge in [-0.25, -0.2) is 0 Å². The number of aliphatic hydroxyl groups is 1. The zero-order chi connectivity index (χ0) is 21.3. The minimum Gasteiger partial charge on any atom is -0.468 e. The average molecular weight is 387 g/mol. The van der Waals surface area contributed by atoms with E-state index < -0.39 is 6.10 Å². The fourth-order valence-electron chi connectivity index (χ4n) is 2.80. The van der Waals surface area contributed by atoms with Crippen molar-refractivity contribution in [1.82, 2.24) is 0 Å². The maximum atomic E-state index is 11.9. The van der Waals surface area contributed by atoms with Crippen LogP contribution in [0.15, 0.2) is 62.4 Å². The molecule has 4 heteroatoms. The number of ether oxygens (including phenoxy) is 1. The van der Waals surface area contributed by atoms with Crippen LogP contribution in [0.2, 0.25) is 0 Å². The second kappa shape index (κ2) is 11.5. The van der Waals surface area contributed by atoms with Gasteiger partial charge in [-0.3, -0.25) is 4.79 Å². The molecule has 0 bridgehead atoms. The summed E-state index contributed by atoms with van der Waals surface area (Å²) in [6.07, 6.45) is 11.2. The van der Waals surface area contributed by atoms with Crippen LogP contribution in [0.25, 0.3) is 0 Å². The standard InChI is InChI=1S/C24H34O4/c1-8-18(4)24(26)19(5)14-17(3)11-9-10-16(2)12-13-22-20(6)21(25)15-23(27-7)28-22/h8-9,11-12,14-15,19,24,26H,10,13H2,1-7H3/b11-9+,16-12+,17-14+,18-8+/t19-,24-/m1/s1. The van der Waals surface area contributed by atoms with Crippen molar-refractivity contribution in [2.75, 3.05) is 7.11 Å². The van der Waals surface area contributed by atoms with Crippen LogP contribution >= 0.6 is 0 Å². The Morgan fingerprint density at radius 1 is 1.32 bits per heavy atom. The van der Waals surface area contributed by atoms with Gasteiger partial charge in [0.25, 0.3) is 5.95 Å². The summed E-state index contributed by atoms with van der Waals surface area (Å²) >= 11 is 0. The predicted molar refractivity (Wildman–Crippen MR) is 116 cm³/mol. The highest BCUT2D eigenvalue weighted by atomic mass is 16.6. The largest absolute Gasteiger partial charge is 0.468 e. The van der Waals surface area contributed by atoms with Crippen molar-refractivity contribution in [2.24, 2.45) is 5.92 Å². The lowest BCUT2D eigenvalue weighted by atomic mass is 9.96. The molecule has 2 atom stereocenters. The molecule has 28 heavy (non-hydrogen) atoms. The van der Waals surface area contributed by atoms with Gasteiger partial charge in [-0.15, -0.1) is 0 Å². The smallest absolute Gasteiger partial charge is 0.288 e. The number of hydrogen-bond acceptors (Lipinski definition) is 4. The number of aliphatic hydroxyl groups excluding tert-OH is 1. The molecule has 0 aliphatic heterocycles. The van der Waals surface area contributed by atoms with E-state index >= 15 is 0 Å². The van der Waals surface area contributed by atoms with Crippen molar-refractivity contribution in [3.63, 3.8) is 0 Å². The van der Waals surface area contributed by atoms with Gasteiger partial charge in [0, 0.05) is 17.9 Å². The summed E-state index contributed by atoms with van der Waals surface area (Å²) in [5.41, 5.74) is 3.83. The molecule has 1 aromatic heterocycles. The van der Waals surface area contributed by atoms with E-state index in [1.54, 1.807) is 6.92 Å². The normalized spacial score (nSPS) is 15.8. The van der Waals surface area contributed by atoms with Crippen molar-refractivity contribution in [3.05, 3.63) is 74.7 Å². The van der Waals surface area contributed by atoms with Gasteiger partial charge >= 0.3 is 0 Å². The van der Waals surface area contributed by atoms with Crippen LogP contribution in [-0.2, 0) is 6.42 Å². The minimum atomic E-state index is -0.448. The molecule has 4 nitrogen and oxygen atoms in total. The lowest BCUT2D eigenvalue weighted by Crippen LogP contribution is -2.17. The number of hydrogen-bond donors (Lipinski definition) is 1. The second-order valence-corrected chi connectivity index (χ2v) is 7.29. The van der Waals surface area contributed by atoms with Gasteiger partial charge < -0.3 is 14.3 Å². The fourth-order valence-corrected chi connectivity index (χ4v) is 2.80. The highest BCUT2D eigenvalue weighted by Crippen LogP contribution is 2.17. The summed E-state index contributed by atoms with van der Waals surface area (Å²) in [5, 5.41) is 10.2. The molecule has 154 valence electrons. The third-order valence-electron chi connectivity index (χ3n) is 4.86. The third-order valence-corrected chi connectivity index (χ3v) is 4.86. The van der Waals surface area contributed by atoms with Gasteiger partial charge in [0.15, 0.2) is 5.43 Å². The highest BCUT2D eigenvalue weighted by Gasteiger charge is 2.12. The van der Waals surface area contributed by atoms with Crippen molar-refractivity contribution in [3.8, 4) is 5.95 Å². The summed E-state index contributed by atoms with van der Waals surface area (Å²) in [6, 6.07) is 1.36. The quantitative estimate of drug-likeness (QED) is 0.462. The Kier molecular flexibility index (Phi) is 9.74. The summed E-state index contributed by atoms with van der Waals surface area (Å²) in [6.45, 7) is 11.8. The molecule has 0 spiro atoms. The first-order valence-corrected chi connectivity index (χ1v) is 9.68. The molecule has 0 unspecified atom stereocenters. The average Bonchev–Trinajstić information content (AvgIpc) is 2.67. The first kappa shape index (κ1) is 23.7. The van der Waals surface area contributed by atoms with Crippen LogP contribution in [0, 0.1) is 12.8 Å². The van der Waals surface area contributed by atoms with Crippen molar-refractivity contribution in [2.45, 2.75) is 60.5 Å².